The maximum atomic E-state index is 13.4. The molecule has 3 aromatic rings. The van der Waals surface area contributed by atoms with Crippen LogP contribution in [0.25, 0.3) is 5.76 Å². The molecule has 1 N–H and O–H groups in total. The minimum absolute atomic E-state index is 0.0443. The topological polar surface area (TPSA) is 76.1 Å². The zero-order valence-electron chi connectivity index (χ0n) is 19.3. The van der Waals surface area contributed by atoms with Gasteiger partial charge < -0.3 is 14.6 Å². The summed E-state index contributed by atoms with van der Waals surface area (Å²) in [6.45, 7) is 3.92. The van der Waals surface area contributed by atoms with Crippen molar-refractivity contribution < 1.29 is 24.2 Å². The molecule has 0 aromatic heterocycles. The number of ketones is 1. The zero-order valence-corrected chi connectivity index (χ0v) is 20.0. The van der Waals surface area contributed by atoms with E-state index in [9.17, 15) is 14.7 Å². The number of carbonyl (C=O) groups is 2. The monoisotopic (exact) mass is 477 g/mol. The van der Waals surface area contributed by atoms with E-state index >= 15 is 0 Å². The number of halogens is 1. The molecule has 1 atom stereocenters. The van der Waals surface area contributed by atoms with Gasteiger partial charge in [0.1, 0.15) is 17.3 Å². The van der Waals surface area contributed by atoms with Crippen molar-refractivity contribution in [2.75, 3.05) is 19.1 Å². The van der Waals surface area contributed by atoms with Gasteiger partial charge in [-0.15, -0.1) is 0 Å². The molecule has 0 radical (unpaired) electrons. The fourth-order valence-electron chi connectivity index (χ4n) is 4.12. The van der Waals surface area contributed by atoms with Gasteiger partial charge in [-0.3, -0.25) is 14.5 Å². The highest BCUT2D eigenvalue weighted by Crippen LogP contribution is 2.44. The largest absolute Gasteiger partial charge is 0.507 e. The minimum atomic E-state index is -0.838. The summed E-state index contributed by atoms with van der Waals surface area (Å²) in [4.78, 5) is 28.1. The molecule has 1 amide bonds. The average Bonchev–Trinajstić information content (AvgIpc) is 3.11. The Kier molecular flexibility index (Phi) is 6.35. The van der Waals surface area contributed by atoms with Crippen molar-refractivity contribution in [1.29, 1.82) is 0 Å². The predicted molar refractivity (Wildman–Crippen MR) is 132 cm³/mol. The first kappa shape index (κ1) is 23.4. The Bertz CT molecular complexity index is 1320. The molecule has 0 bridgehead atoms. The lowest BCUT2D eigenvalue weighted by Gasteiger charge is -2.26. The Balaban J connectivity index is 1.99. The second-order valence-electron chi connectivity index (χ2n) is 8.04. The van der Waals surface area contributed by atoms with Gasteiger partial charge in [0.05, 0.1) is 36.4 Å². The van der Waals surface area contributed by atoms with E-state index in [4.69, 9.17) is 21.1 Å². The van der Waals surface area contributed by atoms with E-state index in [1.807, 2.05) is 56.3 Å². The van der Waals surface area contributed by atoms with E-state index < -0.39 is 17.7 Å². The number of benzene rings is 3. The first-order valence-electron chi connectivity index (χ1n) is 10.6. The van der Waals surface area contributed by atoms with Crippen LogP contribution in [-0.4, -0.2) is 31.0 Å². The third-order valence-corrected chi connectivity index (χ3v) is 6.35. The Hall–Kier alpha value is -3.77. The molecule has 1 aliphatic rings. The van der Waals surface area contributed by atoms with Gasteiger partial charge in [-0.05, 0) is 48.7 Å². The lowest BCUT2D eigenvalue weighted by Crippen LogP contribution is -2.29. The minimum Gasteiger partial charge on any atom is -0.507 e. The molecule has 1 saturated heterocycles. The van der Waals surface area contributed by atoms with Crippen LogP contribution in [0.15, 0.2) is 66.2 Å². The highest BCUT2D eigenvalue weighted by molar-refractivity contribution is 6.51. The van der Waals surface area contributed by atoms with Crippen LogP contribution in [0.1, 0.15) is 28.3 Å². The van der Waals surface area contributed by atoms with E-state index in [2.05, 4.69) is 0 Å². The first-order valence-corrected chi connectivity index (χ1v) is 11.0. The highest BCUT2D eigenvalue weighted by atomic mass is 35.5. The Labute approximate surface area is 203 Å². The number of aliphatic hydroxyl groups is 1. The smallest absolute Gasteiger partial charge is 0.300 e. The van der Waals surface area contributed by atoms with Gasteiger partial charge in [0, 0.05) is 11.8 Å². The first-order chi connectivity index (χ1) is 16.3. The molecule has 4 rings (SSSR count). The molecular weight excluding hydrogens is 454 g/mol. The van der Waals surface area contributed by atoms with Gasteiger partial charge >= 0.3 is 0 Å². The van der Waals surface area contributed by atoms with Crippen LogP contribution < -0.4 is 14.4 Å². The number of hydrogen-bond acceptors (Lipinski definition) is 5. The van der Waals surface area contributed by atoms with E-state index in [1.54, 1.807) is 6.07 Å². The Morgan fingerprint density at radius 2 is 1.59 bits per heavy atom. The summed E-state index contributed by atoms with van der Waals surface area (Å²) < 4.78 is 10.7. The van der Waals surface area contributed by atoms with Crippen LogP contribution in [0.2, 0.25) is 5.02 Å². The molecule has 0 spiro atoms. The number of amides is 1. The molecule has 1 heterocycles. The van der Waals surface area contributed by atoms with Crippen molar-refractivity contribution >= 4 is 34.7 Å². The second-order valence-corrected chi connectivity index (χ2v) is 8.44. The molecule has 174 valence electrons. The number of aliphatic hydroxyl groups excluding tert-OH is 1. The fraction of sp³-hybridized carbons (Fsp3) is 0.185. The Morgan fingerprint density at radius 1 is 0.912 bits per heavy atom. The fourth-order valence-corrected chi connectivity index (χ4v) is 4.35. The van der Waals surface area contributed by atoms with Crippen molar-refractivity contribution in [2.45, 2.75) is 19.9 Å². The van der Waals surface area contributed by atoms with Gasteiger partial charge in [-0.1, -0.05) is 48.0 Å². The summed E-state index contributed by atoms with van der Waals surface area (Å²) in [7, 11) is 2.87. The van der Waals surface area contributed by atoms with E-state index in [1.165, 1.54) is 31.3 Å². The van der Waals surface area contributed by atoms with Gasteiger partial charge in [-0.25, -0.2) is 0 Å². The SMILES string of the molecule is COc1cc(/C(O)=C2\C(=O)C(=O)N(c3ccc(C)c(C)c3)C2c2ccccc2)c(OC)cc1Cl. The summed E-state index contributed by atoms with van der Waals surface area (Å²) in [5, 5.41) is 11.7. The molecule has 7 heteroatoms. The standard InChI is InChI=1S/C27H24ClNO5/c1-15-10-11-18(12-16(15)2)29-24(17-8-6-5-7-9-17)23(26(31)27(29)32)25(30)19-13-22(34-4)20(28)14-21(19)33-3/h5-14,24,30H,1-4H3/b25-23+. The number of carbonyl (C=O) groups excluding carboxylic acids is 2. The molecule has 1 aliphatic heterocycles. The summed E-state index contributed by atoms with van der Waals surface area (Å²) in [5.74, 6) is -1.35. The van der Waals surface area contributed by atoms with E-state index in [0.29, 0.717) is 17.0 Å². The van der Waals surface area contributed by atoms with E-state index in [0.717, 1.165) is 11.1 Å². The predicted octanol–water partition coefficient (Wildman–Crippen LogP) is 5.60. The highest BCUT2D eigenvalue weighted by Gasteiger charge is 2.47. The summed E-state index contributed by atoms with van der Waals surface area (Å²) >= 11 is 6.22. The van der Waals surface area contributed by atoms with Crippen molar-refractivity contribution in [3.63, 3.8) is 0 Å². The molecule has 1 fully saturated rings. The van der Waals surface area contributed by atoms with Crippen LogP contribution >= 0.6 is 11.6 Å². The van der Waals surface area contributed by atoms with Gasteiger partial charge in [0.15, 0.2) is 0 Å². The number of Topliss-reactive ketones (excluding diaryl/α,β-unsaturated/α-hetero) is 1. The van der Waals surface area contributed by atoms with Crippen LogP contribution in [0.3, 0.4) is 0 Å². The van der Waals surface area contributed by atoms with Crippen LogP contribution in [-0.2, 0) is 9.59 Å². The van der Waals surface area contributed by atoms with Crippen molar-refractivity contribution in [1.82, 2.24) is 0 Å². The molecule has 3 aromatic carbocycles. The van der Waals surface area contributed by atoms with E-state index in [-0.39, 0.29) is 27.7 Å². The maximum absolute atomic E-state index is 13.4. The summed E-state index contributed by atoms with van der Waals surface area (Å²) in [6, 6.07) is 16.8. The van der Waals surface area contributed by atoms with Crippen molar-refractivity contribution in [3.05, 3.63) is 93.5 Å². The third kappa shape index (κ3) is 3.90. The number of ether oxygens (including phenoxy) is 2. The molecular formula is C27H24ClNO5. The summed E-state index contributed by atoms with van der Waals surface area (Å²) in [5.41, 5.74) is 3.45. The number of nitrogens with zero attached hydrogens (tertiary/aromatic N) is 1. The van der Waals surface area contributed by atoms with Gasteiger partial charge in [-0.2, -0.15) is 0 Å². The third-order valence-electron chi connectivity index (χ3n) is 6.06. The molecule has 6 nitrogen and oxygen atoms in total. The number of hydrogen-bond donors (Lipinski definition) is 1. The average molecular weight is 478 g/mol. The quantitative estimate of drug-likeness (QED) is 0.294. The van der Waals surface area contributed by atoms with Crippen molar-refractivity contribution in [3.8, 4) is 11.5 Å². The van der Waals surface area contributed by atoms with Crippen LogP contribution in [0.5, 0.6) is 11.5 Å². The second kappa shape index (κ2) is 9.23. The number of methoxy groups -OCH3 is 2. The number of aryl methyl sites for hydroxylation is 2. The Morgan fingerprint density at radius 3 is 2.21 bits per heavy atom. The number of anilines is 1. The van der Waals surface area contributed by atoms with Crippen molar-refractivity contribution in [2.24, 2.45) is 0 Å². The lowest BCUT2D eigenvalue weighted by atomic mass is 9.94. The molecule has 34 heavy (non-hydrogen) atoms. The summed E-state index contributed by atoms with van der Waals surface area (Å²) in [6.07, 6.45) is 0. The molecule has 0 saturated carbocycles. The van der Waals surface area contributed by atoms with Gasteiger partial charge in [0.25, 0.3) is 11.7 Å². The molecule has 0 aliphatic carbocycles. The molecule has 1 unspecified atom stereocenters. The lowest BCUT2D eigenvalue weighted by molar-refractivity contribution is -0.132. The zero-order chi connectivity index (χ0) is 24.6. The maximum Gasteiger partial charge on any atom is 0.300 e. The number of rotatable bonds is 5. The van der Waals surface area contributed by atoms with Gasteiger partial charge in [0.2, 0.25) is 0 Å². The van der Waals surface area contributed by atoms with Crippen LogP contribution in [0, 0.1) is 13.8 Å². The van der Waals surface area contributed by atoms with Crippen LogP contribution in [0.4, 0.5) is 5.69 Å². The normalized spacial score (nSPS) is 17.2.